The summed E-state index contributed by atoms with van der Waals surface area (Å²) in [6, 6.07) is 1.82. The van der Waals surface area contributed by atoms with Gasteiger partial charge in [-0.25, -0.2) is 0 Å². The summed E-state index contributed by atoms with van der Waals surface area (Å²) in [4.78, 5) is 13.8. The summed E-state index contributed by atoms with van der Waals surface area (Å²) in [5.41, 5.74) is 0.473. The van der Waals surface area contributed by atoms with Crippen LogP contribution < -0.4 is 0 Å². The van der Waals surface area contributed by atoms with Crippen LogP contribution >= 0.6 is 0 Å². The maximum Gasteiger partial charge on any atom is 0.272 e. The molecule has 0 saturated carbocycles. The van der Waals surface area contributed by atoms with Crippen molar-refractivity contribution in [1.29, 1.82) is 0 Å². The maximum atomic E-state index is 12.1. The van der Waals surface area contributed by atoms with Crippen molar-refractivity contribution in [2.75, 3.05) is 13.2 Å². The minimum Gasteiger partial charge on any atom is -0.395 e. The van der Waals surface area contributed by atoms with Gasteiger partial charge in [0.1, 0.15) is 5.69 Å². The van der Waals surface area contributed by atoms with Crippen LogP contribution in [0.25, 0.3) is 0 Å². The van der Waals surface area contributed by atoms with E-state index in [-0.39, 0.29) is 18.6 Å². The van der Waals surface area contributed by atoms with E-state index in [0.717, 1.165) is 12.8 Å². The lowest BCUT2D eigenvalue weighted by atomic mass is 10.1. The van der Waals surface area contributed by atoms with Gasteiger partial charge in [0.2, 0.25) is 0 Å². The van der Waals surface area contributed by atoms with Crippen LogP contribution in [0.4, 0.5) is 0 Å². The van der Waals surface area contributed by atoms with E-state index in [1.165, 1.54) is 0 Å². The smallest absolute Gasteiger partial charge is 0.272 e. The molecule has 0 aromatic carbocycles. The molecular weight excluding hydrogens is 206 g/mol. The van der Waals surface area contributed by atoms with E-state index in [2.05, 4.69) is 10.2 Å². The molecule has 0 aliphatic heterocycles. The molecule has 1 aromatic rings. The van der Waals surface area contributed by atoms with Gasteiger partial charge < -0.3 is 10.0 Å². The lowest BCUT2D eigenvalue weighted by molar-refractivity contribution is 0.0616. The van der Waals surface area contributed by atoms with Gasteiger partial charge in [-0.3, -0.25) is 9.89 Å². The second-order valence-corrected chi connectivity index (χ2v) is 3.66. The molecule has 16 heavy (non-hydrogen) atoms. The lowest BCUT2D eigenvalue weighted by Crippen LogP contribution is -2.41. The number of nitrogens with zero attached hydrogens (tertiary/aromatic N) is 2. The van der Waals surface area contributed by atoms with Crippen molar-refractivity contribution < 1.29 is 9.90 Å². The molecule has 1 heterocycles. The van der Waals surface area contributed by atoms with Gasteiger partial charge in [-0.2, -0.15) is 5.10 Å². The molecule has 5 nitrogen and oxygen atoms in total. The Bertz CT molecular complexity index is 307. The number of amides is 1. The number of H-pyrrole nitrogens is 1. The highest BCUT2D eigenvalue weighted by atomic mass is 16.3. The molecule has 0 unspecified atom stereocenters. The summed E-state index contributed by atoms with van der Waals surface area (Å²) < 4.78 is 0. The van der Waals surface area contributed by atoms with Crippen LogP contribution in [0.3, 0.4) is 0 Å². The first-order chi connectivity index (χ1) is 7.74. The largest absolute Gasteiger partial charge is 0.395 e. The Balaban J connectivity index is 2.80. The van der Waals surface area contributed by atoms with Gasteiger partial charge in [-0.05, 0) is 18.9 Å². The Morgan fingerprint density at radius 3 is 2.69 bits per heavy atom. The summed E-state index contributed by atoms with van der Waals surface area (Å²) in [5, 5.41) is 15.4. The Kier molecular flexibility index (Phi) is 4.98. The Labute approximate surface area is 95.5 Å². The number of aliphatic hydroxyl groups is 1. The molecule has 2 N–H and O–H groups in total. The number of aromatic nitrogens is 2. The number of carbonyl (C=O) groups is 1. The number of aromatic amines is 1. The van der Waals surface area contributed by atoms with E-state index < -0.39 is 0 Å². The SMILES string of the molecule is CCC(CC)N(CCO)C(=O)c1ccn[nH]1. The molecule has 5 heteroatoms. The van der Waals surface area contributed by atoms with Gasteiger partial charge in [0.15, 0.2) is 0 Å². The monoisotopic (exact) mass is 225 g/mol. The number of aliphatic hydroxyl groups excluding tert-OH is 1. The predicted octanol–water partition coefficient (Wildman–Crippen LogP) is 1.03. The highest BCUT2D eigenvalue weighted by Gasteiger charge is 2.22. The first kappa shape index (κ1) is 12.7. The highest BCUT2D eigenvalue weighted by molar-refractivity contribution is 5.92. The fourth-order valence-corrected chi connectivity index (χ4v) is 1.82. The van der Waals surface area contributed by atoms with Gasteiger partial charge >= 0.3 is 0 Å². The van der Waals surface area contributed by atoms with Crippen molar-refractivity contribution in [3.63, 3.8) is 0 Å². The summed E-state index contributed by atoms with van der Waals surface area (Å²) in [5.74, 6) is -0.0970. The van der Waals surface area contributed by atoms with Gasteiger partial charge in [-0.1, -0.05) is 13.8 Å². The van der Waals surface area contributed by atoms with Crippen molar-refractivity contribution in [2.24, 2.45) is 0 Å². The van der Waals surface area contributed by atoms with Crippen LogP contribution in [0, 0.1) is 0 Å². The van der Waals surface area contributed by atoms with Crippen LogP contribution in [0.15, 0.2) is 12.3 Å². The lowest BCUT2D eigenvalue weighted by Gasteiger charge is -2.29. The molecule has 1 aromatic heterocycles. The second kappa shape index (κ2) is 6.27. The van der Waals surface area contributed by atoms with Crippen molar-refractivity contribution in [1.82, 2.24) is 15.1 Å². The summed E-state index contributed by atoms with van der Waals surface area (Å²) in [6.07, 6.45) is 3.32. The van der Waals surface area contributed by atoms with Crippen molar-refractivity contribution in [3.05, 3.63) is 18.0 Å². The maximum absolute atomic E-state index is 12.1. The molecule has 0 aliphatic rings. The predicted molar refractivity (Wildman–Crippen MR) is 61.1 cm³/mol. The zero-order valence-corrected chi connectivity index (χ0v) is 9.81. The second-order valence-electron chi connectivity index (χ2n) is 3.66. The van der Waals surface area contributed by atoms with Gasteiger partial charge in [0, 0.05) is 18.8 Å². The topological polar surface area (TPSA) is 69.2 Å². The number of nitrogens with one attached hydrogen (secondary N) is 1. The average molecular weight is 225 g/mol. The minimum absolute atomic E-state index is 0.0175. The van der Waals surface area contributed by atoms with E-state index in [9.17, 15) is 4.79 Å². The molecule has 1 amide bonds. The Morgan fingerprint density at radius 2 is 2.25 bits per heavy atom. The zero-order chi connectivity index (χ0) is 12.0. The molecule has 0 bridgehead atoms. The van der Waals surface area contributed by atoms with E-state index in [1.54, 1.807) is 17.2 Å². The van der Waals surface area contributed by atoms with Crippen LogP contribution in [-0.2, 0) is 0 Å². The minimum atomic E-state index is -0.0970. The van der Waals surface area contributed by atoms with Crippen molar-refractivity contribution in [3.8, 4) is 0 Å². The fraction of sp³-hybridized carbons (Fsp3) is 0.636. The Hall–Kier alpha value is -1.36. The van der Waals surface area contributed by atoms with Gasteiger partial charge in [0.25, 0.3) is 5.91 Å². The fourth-order valence-electron chi connectivity index (χ4n) is 1.82. The molecule has 0 radical (unpaired) electrons. The summed E-state index contributed by atoms with van der Waals surface area (Å²) in [6.45, 7) is 4.43. The van der Waals surface area contributed by atoms with Gasteiger partial charge in [0.05, 0.1) is 6.61 Å². The number of rotatable bonds is 6. The third kappa shape index (κ3) is 2.82. The third-order valence-electron chi connectivity index (χ3n) is 2.72. The van der Waals surface area contributed by atoms with Gasteiger partial charge in [-0.15, -0.1) is 0 Å². The third-order valence-corrected chi connectivity index (χ3v) is 2.72. The Morgan fingerprint density at radius 1 is 1.56 bits per heavy atom. The summed E-state index contributed by atoms with van der Waals surface area (Å²) >= 11 is 0. The normalized spacial score (nSPS) is 10.8. The van der Waals surface area contributed by atoms with E-state index in [1.807, 2.05) is 13.8 Å². The number of carbonyl (C=O) groups excluding carboxylic acids is 1. The number of hydrogen-bond donors (Lipinski definition) is 2. The van der Waals surface area contributed by atoms with E-state index in [4.69, 9.17) is 5.11 Å². The van der Waals surface area contributed by atoms with E-state index in [0.29, 0.717) is 12.2 Å². The molecule has 0 aliphatic carbocycles. The molecule has 1 rings (SSSR count). The highest BCUT2D eigenvalue weighted by Crippen LogP contribution is 2.11. The van der Waals surface area contributed by atoms with Crippen LogP contribution in [0.1, 0.15) is 37.2 Å². The molecule has 0 atom stereocenters. The number of hydrogen-bond acceptors (Lipinski definition) is 3. The van der Waals surface area contributed by atoms with Crippen molar-refractivity contribution in [2.45, 2.75) is 32.7 Å². The summed E-state index contributed by atoms with van der Waals surface area (Å²) in [7, 11) is 0. The van der Waals surface area contributed by atoms with Crippen LogP contribution in [-0.4, -0.2) is 45.3 Å². The van der Waals surface area contributed by atoms with Crippen LogP contribution in [0.5, 0.6) is 0 Å². The first-order valence-electron chi connectivity index (χ1n) is 5.65. The van der Waals surface area contributed by atoms with Crippen molar-refractivity contribution >= 4 is 5.91 Å². The molecular formula is C11H19N3O2. The zero-order valence-electron chi connectivity index (χ0n) is 9.81. The quantitative estimate of drug-likeness (QED) is 0.759. The van der Waals surface area contributed by atoms with Crippen LogP contribution in [0.2, 0.25) is 0 Å². The van der Waals surface area contributed by atoms with E-state index >= 15 is 0 Å². The molecule has 0 spiro atoms. The average Bonchev–Trinajstić information content (AvgIpc) is 2.82. The molecule has 0 saturated heterocycles. The first-order valence-corrected chi connectivity index (χ1v) is 5.65. The molecule has 0 fully saturated rings. The standard InChI is InChI=1S/C11H19N3O2/c1-3-9(4-2)14(7-8-15)11(16)10-5-6-12-13-10/h5-6,9,15H,3-4,7-8H2,1-2H3,(H,12,13). The molecule has 90 valence electrons.